The molecule has 0 unspecified atom stereocenters. The van der Waals surface area contributed by atoms with E-state index in [-0.39, 0.29) is 5.84 Å². The number of para-hydroxylation sites is 1. The smallest absolute Gasteiger partial charge is 0.210 e. The number of aryl methyl sites for hydroxylation is 1. The van der Waals surface area contributed by atoms with Crippen LogP contribution < -0.4 is 10.6 Å². The monoisotopic (exact) mass is 257 g/mol. The SMILES string of the molecule is CCn1ccnc1N(CCC(=N)N)c1ccccc1. The lowest BCUT2D eigenvalue weighted by Gasteiger charge is -2.24. The fourth-order valence-electron chi connectivity index (χ4n) is 1.98. The van der Waals surface area contributed by atoms with E-state index >= 15 is 0 Å². The van der Waals surface area contributed by atoms with E-state index in [1.165, 1.54) is 0 Å². The topological polar surface area (TPSA) is 70.9 Å². The van der Waals surface area contributed by atoms with Gasteiger partial charge in [-0.1, -0.05) is 18.2 Å². The van der Waals surface area contributed by atoms with Crippen LogP contribution in [0.15, 0.2) is 42.7 Å². The lowest BCUT2D eigenvalue weighted by molar-refractivity contribution is 0.739. The van der Waals surface area contributed by atoms with Gasteiger partial charge < -0.3 is 15.2 Å². The molecule has 0 aliphatic rings. The summed E-state index contributed by atoms with van der Waals surface area (Å²) in [6, 6.07) is 10.0. The van der Waals surface area contributed by atoms with Crippen molar-refractivity contribution in [3.63, 3.8) is 0 Å². The average Bonchev–Trinajstić information content (AvgIpc) is 2.88. The van der Waals surface area contributed by atoms with E-state index in [0.29, 0.717) is 13.0 Å². The number of anilines is 2. The molecular formula is C14H19N5. The molecule has 0 spiro atoms. The second-order valence-corrected chi connectivity index (χ2v) is 4.28. The Hall–Kier alpha value is -2.30. The lowest BCUT2D eigenvalue weighted by atomic mass is 10.2. The summed E-state index contributed by atoms with van der Waals surface area (Å²) in [6.45, 7) is 3.59. The van der Waals surface area contributed by atoms with E-state index in [1.807, 2.05) is 36.5 Å². The molecule has 0 bridgehead atoms. The maximum Gasteiger partial charge on any atom is 0.210 e. The summed E-state index contributed by atoms with van der Waals surface area (Å²) in [5, 5.41) is 7.40. The third-order valence-corrected chi connectivity index (χ3v) is 2.95. The second kappa shape index (κ2) is 6.04. The molecule has 0 aliphatic carbocycles. The molecule has 3 N–H and O–H groups in total. The third-order valence-electron chi connectivity index (χ3n) is 2.95. The number of aromatic nitrogens is 2. The van der Waals surface area contributed by atoms with Gasteiger partial charge in [0.25, 0.3) is 0 Å². The Morgan fingerprint density at radius 1 is 1.37 bits per heavy atom. The number of nitrogens with two attached hydrogens (primary N) is 1. The Morgan fingerprint density at radius 2 is 2.11 bits per heavy atom. The van der Waals surface area contributed by atoms with Gasteiger partial charge in [-0.05, 0) is 19.1 Å². The largest absolute Gasteiger partial charge is 0.388 e. The van der Waals surface area contributed by atoms with Crippen LogP contribution >= 0.6 is 0 Å². The highest BCUT2D eigenvalue weighted by Crippen LogP contribution is 2.23. The van der Waals surface area contributed by atoms with Gasteiger partial charge in [0.15, 0.2) is 0 Å². The first-order chi connectivity index (χ1) is 9.22. The zero-order chi connectivity index (χ0) is 13.7. The highest BCUT2D eigenvalue weighted by molar-refractivity contribution is 5.77. The first-order valence-electron chi connectivity index (χ1n) is 6.39. The Balaban J connectivity index is 2.31. The molecule has 2 rings (SSSR count). The minimum atomic E-state index is 0.190. The summed E-state index contributed by atoms with van der Waals surface area (Å²) in [6.07, 6.45) is 4.27. The van der Waals surface area contributed by atoms with Crippen molar-refractivity contribution in [2.24, 2.45) is 5.73 Å². The first kappa shape index (κ1) is 13.1. The van der Waals surface area contributed by atoms with Crippen molar-refractivity contribution in [2.45, 2.75) is 19.9 Å². The van der Waals surface area contributed by atoms with Gasteiger partial charge in [-0.15, -0.1) is 0 Å². The highest BCUT2D eigenvalue weighted by atomic mass is 15.3. The molecule has 5 nitrogen and oxygen atoms in total. The standard InChI is InChI=1S/C14H19N5/c1-2-18-11-9-17-14(18)19(10-8-13(15)16)12-6-4-3-5-7-12/h3-7,9,11H,2,8,10H2,1H3,(H3,15,16). The van der Waals surface area contributed by atoms with Crippen molar-refractivity contribution in [1.82, 2.24) is 9.55 Å². The highest BCUT2D eigenvalue weighted by Gasteiger charge is 2.14. The molecule has 2 aromatic rings. The van der Waals surface area contributed by atoms with Gasteiger partial charge in [0.05, 0.1) is 5.84 Å². The summed E-state index contributed by atoms with van der Waals surface area (Å²) in [5.74, 6) is 1.07. The van der Waals surface area contributed by atoms with Crippen molar-refractivity contribution < 1.29 is 0 Å². The van der Waals surface area contributed by atoms with Gasteiger partial charge in [0.2, 0.25) is 5.95 Å². The van der Waals surface area contributed by atoms with Gasteiger partial charge in [0, 0.05) is 37.6 Å². The lowest BCUT2D eigenvalue weighted by Crippen LogP contribution is -2.26. The average molecular weight is 257 g/mol. The molecule has 19 heavy (non-hydrogen) atoms. The van der Waals surface area contributed by atoms with E-state index in [0.717, 1.165) is 18.2 Å². The van der Waals surface area contributed by atoms with E-state index in [9.17, 15) is 0 Å². The normalized spacial score (nSPS) is 10.4. The molecule has 0 radical (unpaired) electrons. The molecule has 0 fully saturated rings. The van der Waals surface area contributed by atoms with Crippen LogP contribution in [-0.2, 0) is 6.54 Å². The number of rotatable bonds is 6. The molecule has 0 atom stereocenters. The van der Waals surface area contributed by atoms with Crippen LogP contribution in [-0.4, -0.2) is 21.9 Å². The number of hydrogen-bond acceptors (Lipinski definition) is 3. The quantitative estimate of drug-likeness (QED) is 0.616. The molecule has 0 saturated heterocycles. The van der Waals surface area contributed by atoms with E-state index in [1.54, 1.807) is 6.20 Å². The Bertz CT molecular complexity index is 532. The van der Waals surface area contributed by atoms with Crippen molar-refractivity contribution in [1.29, 1.82) is 5.41 Å². The third kappa shape index (κ3) is 3.13. The van der Waals surface area contributed by atoms with Gasteiger partial charge in [-0.2, -0.15) is 0 Å². The van der Waals surface area contributed by atoms with Crippen LogP contribution in [0.3, 0.4) is 0 Å². The summed E-state index contributed by atoms with van der Waals surface area (Å²) in [7, 11) is 0. The maximum absolute atomic E-state index is 7.40. The number of benzene rings is 1. The molecule has 0 saturated carbocycles. The molecule has 1 aromatic heterocycles. The van der Waals surface area contributed by atoms with Crippen LogP contribution in [0.5, 0.6) is 0 Å². The van der Waals surface area contributed by atoms with Gasteiger partial charge >= 0.3 is 0 Å². The number of hydrogen-bond donors (Lipinski definition) is 2. The van der Waals surface area contributed by atoms with Crippen LogP contribution in [0.4, 0.5) is 11.6 Å². The predicted octanol–water partition coefficient (Wildman–Crippen LogP) is 2.37. The number of amidine groups is 1. The van der Waals surface area contributed by atoms with Gasteiger partial charge in [0.1, 0.15) is 0 Å². The summed E-state index contributed by atoms with van der Waals surface area (Å²) in [5.41, 5.74) is 6.53. The van der Waals surface area contributed by atoms with Gasteiger partial charge in [-0.3, -0.25) is 5.41 Å². The molecular weight excluding hydrogens is 238 g/mol. The second-order valence-electron chi connectivity index (χ2n) is 4.28. The fraction of sp³-hybridized carbons (Fsp3) is 0.286. The van der Waals surface area contributed by atoms with E-state index in [2.05, 4.69) is 21.4 Å². The zero-order valence-corrected chi connectivity index (χ0v) is 11.1. The predicted molar refractivity (Wildman–Crippen MR) is 77.9 cm³/mol. The van der Waals surface area contributed by atoms with Crippen molar-refractivity contribution >= 4 is 17.5 Å². The summed E-state index contributed by atoms with van der Waals surface area (Å²) in [4.78, 5) is 6.51. The van der Waals surface area contributed by atoms with Crippen LogP contribution in [0.1, 0.15) is 13.3 Å². The zero-order valence-electron chi connectivity index (χ0n) is 11.1. The van der Waals surface area contributed by atoms with Crippen LogP contribution in [0.2, 0.25) is 0 Å². The first-order valence-corrected chi connectivity index (χ1v) is 6.39. The van der Waals surface area contributed by atoms with Gasteiger partial charge in [-0.25, -0.2) is 4.98 Å². The molecule has 1 heterocycles. The summed E-state index contributed by atoms with van der Waals surface area (Å²) < 4.78 is 2.08. The molecule has 5 heteroatoms. The van der Waals surface area contributed by atoms with Crippen LogP contribution in [0, 0.1) is 5.41 Å². The number of nitrogens with one attached hydrogen (secondary N) is 1. The number of nitrogens with zero attached hydrogens (tertiary/aromatic N) is 3. The van der Waals surface area contributed by atoms with Crippen molar-refractivity contribution in [3.05, 3.63) is 42.7 Å². The Morgan fingerprint density at radius 3 is 2.74 bits per heavy atom. The van der Waals surface area contributed by atoms with Crippen molar-refractivity contribution in [2.75, 3.05) is 11.4 Å². The Labute approximate surface area is 113 Å². The molecule has 0 aliphatic heterocycles. The van der Waals surface area contributed by atoms with Crippen molar-refractivity contribution in [3.8, 4) is 0 Å². The molecule has 100 valence electrons. The Kier molecular flexibility index (Phi) is 4.18. The van der Waals surface area contributed by atoms with E-state index < -0.39 is 0 Å². The van der Waals surface area contributed by atoms with E-state index in [4.69, 9.17) is 11.1 Å². The maximum atomic E-state index is 7.40. The summed E-state index contributed by atoms with van der Waals surface area (Å²) >= 11 is 0. The van der Waals surface area contributed by atoms with Crippen LogP contribution in [0.25, 0.3) is 0 Å². The molecule has 1 aromatic carbocycles. The minimum absolute atomic E-state index is 0.190. The number of imidazole rings is 1. The molecule has 0 amide bonds. The fourth-order valence-corrected chi connectivity index (χ4v) is 1.98. The minimum Gasteiger partial charge on any atom is -0.388 e.